The number of rotatable bonds is 23. The van der Waals surface area contributed by atoms with Crippen LogP contribution in [-0.2, 0) is 18.9 Å². The Balaban J connectivity index is 2.23. The number of carbonyl (C=O) groups is 4. The summed E-state index contributed by atoms with van der Waals surface area (Å²) in [6.07, 6.45) is 16.1. The number of carbonyl (C=O) groups excluding carboxylic acids is 3. The Bertz CT molecular complexity index is 1380. The summed E-state index contributed by atoms with van der Waals surface area (Å²) in [5.41, 5.74) is -0.800. The normalized spacial score (nSPS) is 12.8. The fourth-order valence-corrected chi connectivity index (χ4v) is 10.4. The van der Waals surface area contributed by atoms with Crippen LogP contribution >= 0.6 is 18.7 Å². The predicted octanol–water partition coefficient (Wildman–Crippen LogP) is 11.0. The number of halogens is 1. The topological polar surface area (TPSA) is 115 Å². The number of hydrogen-bond donors (Lipinski definition) is 1. The summed E-state index contributed by atoms with van der Waals surface area (Å²) in [6, 6.07) is 6.87. The van der Waals surface area contributed by atoms with Gasteiger partial charge < -0.3 is 14.4 Å². The number of carboxylic acids is 1. The van der Waals surface area contributed by atoms with Crippen LogP contribution in [0.5, 0.6) is 0 Å². The van der Waals surface area contributed by atoms with Gasteiger partial charge in [0.05, 0.1) is 6.61 Å². The minimum absolute atomic E-state index is 0.0173. The maximum atomic E-state index is 15.3. The number of aryl methyl sites for hydroxylation is 6. The maximum absolute atomic E-state index is 15.3. The molecule has 0 radical (unpaired) electrons. The number of carboxylic acid groups (broad SMARTS) is 1. The van der Waals surface area contributed by atoms with Crippen LogP contribution in [0.2, 0.25) is 0 Å². The number of unbranched alkanes of at least 4 members (excludes halogenated alkanes) is 13. The van der Waals surface area contributed by atoms with E-state index in [1.54, 1.807) is 52.0 Å². The highest BCUT2D eigenvalue weighted by Gasteiger charge is 2.57. The first-order valence-corrected chi connectivity index (χ1v) is 20.3. The average Bonchev–Trinajstić information content (AvgIpc) is 3.01. The van der Waals surface area contributed by atoms with E-state index in [1.807, 2.05) is 13.8 Å². The van der Waals surface area contributed by atoms with Crippen LogP contribution in [-0.4, -0.2) is 45.7 Å². The molecule has 0 heterocycles. The monoisotopic (exact) mass is 716 g/mol. The van der Waals surface area contributed by atoms with E-state index in [0.29, 0.717) is 28.7 Å². The van der Waals surface area contributed by atoms with Gasteiger partial charge in [-0.2, -0.15) is 0 Å². The summed E-state index contributed by atoms with van der Waals surface area (Å²) in [5, 5.41) is 7.84. The van der Waals surface area contributed by atoms with Crippen molar-refractivity contribution in [3.63, 3.8) is 0 Å². The lowest BCUT2D eigenvalue weighted by atomic mass is 10.0. The molecule has 2 atom stereocenters. The fraction of sp³-hybridized carbons (Fsp3) is 0.600. The quantitative estimate of drug-likeness (QED) is 0.0527. The highest BCUT2D eigenvalue weighted by molar-refractivity contribution is 7.96. The lowest BCUT2D eigenvalue weighted by Crippen LogP contribution is -2.41. The molecule has 0 aliphatic rings. The molecule has 0 fully saturated rings. The Kier molecular flexibility index (Phi) is 18.0. The highest BCUT2D eigenvalue weighted by Crippen LogP contribution is 2.59. The molecular formula is C40H58ClO7P. The molecule has 2 aromatic carbocycles. The SMILES string of the molecule is CCCCCCCCCCCCCCCCOC(=O)C(C(Cl)C(=O)O)P(=O)(C(=O)c1c(C)cc(C)cc1C)C(=O)c1c(C)cc(C)cc1C. The van der Waals surface area contributed by atoms with E-state index in [1.165, 1.54) is 57.8 Å². The van der Waals surface area contributed by atoms with Crippen LogP contribution < -0.4 is 0 Å². The summed E-state index contributed by atoms with van der Waals surface area (Å²) in [7, 11) is -5.11. The smallest absolute Gasteiger partial charge is 0.323 e. The van der Waals surface area contributed by atoms with Crippen LogP contribution in [0.3, 0.4) is 0 Å². The van der Waals surface area contributed by atoms with Gasteiger partial charge in [-0.05, 0) is 70.2 Å². The van der Waals surface area contributed by atoms with Crippen molar-refractivity contribution in [3.05, 3.63) is 68.8 Å². The molecule has 0 bridgehead atoms. The van der Waals surface area contributed by atoms with Crippen molar-refractivity contribution in [1.29, 1.82) is 0 Å². The molecule has 1 N–H and O–H groups in total. The van der Waals surface area contributed by atoms with Gasteiger partial charge in [0.15, 0.2) is 11.0 Å². The average molecular weight is 717 g/mol. The van der Waals surface area contributed by atoms with Crippen LogP contribution in [0.25, 0.3) is 0 Å². The number of alkyl halides is 1. The zero-order valence-electron chi connectivity index (χ0n) is 30.8. The van der Waals surface area contributed by atoms with Crippen LogP contribution in [0.4, 0.5) is 0 Å². The van der Waals surface area contributed by atoms with Crippen molar-refractivity contribution in [2.24, 2.45) is 0 Å². The van der Waals surface area contributed by atoms with Gasteiger partial charge >= 0.3 is 11.9 Å². The van der Waals surface area contributed by atoms with E-state index in [0.717, 1.165) is 36.8 Å². The van der Waals surface area contributed by atoms with Gasteiger partial charge in [0.1, 0.15) is 0 Å². The van der Waals surface area contributed by atoms with Crippen molar-refractivity contribution < 1.29 is 33.6 Å². The molecule has 0 aliphatic carbocycles. The summed E-state index contributed by atoms with van der Waals surface area (Å²) in [5.74, 6) is -2.89. The second-order valence-corrected chi connectivity index (χ2v) is 16.9. The molecule has 0 spiro atoms. The van der Waals surface area contributed by atoms with Crippen LogP contribution in [0, 0.1) is 41.5 Å². The Morgan fingerprint density at radius 2 is 0.959 bits per heavy atom. The molecular weight excluding hydrogens is 659 g/mol. The molecule has 0 saturated heterocycles. The third-order valence-electron chi connectivity index (χ3n) is 9.27. The number of aliphatic carboxylic acids is 1. The fourth-order valence-electron chi connectivity index (χ4n) is 6.85. The Morgan fingerprint density at radius 3 is 1.29 bits per heavy atom. The van der Waals surface area contributed by atoms with Gasteiger partial charge in [0, 0.05) is 11.1 Å². The second-order valence-electron chi connectivity index (χ2n) is 13.8. The van der Waals surface area contributed by atoms with E-state index in [-0.39, 0.29) is 17.7 Å². The zero-order chi connectivity index (χ0) is 36.7. The zero-order valence-corrected chi connectivity index (χ0v) is 32.4. The number of hydrogen-bond acceptors (Lipinski definition) is 6. The Hall–Kier alpha value is -2.76. The van der Waals surface area contributed by atoms with E-state index < -0.39 is 41.2 Å². The third-order valence-corrected chi connectivity index (χ3v) is 12.8. The van der Waals surface area contributed by atoms with Gasteiger partial charge in [0.2, 0.25) is 18.2 Å². The molecule has 9 heteroatoms. The number of ether oxygens (including phenoxy) is 1. The van der Waals surface area contributed by atoms with Gasteiger partial charge in [0.25, 0.3) is 0 Å². The van der Waals surface area contributed by atoms with Gasteiger partial charge in [-0.25, -0.2) is 0 Å². The van der Waals surface area contributed by atoms with E-state index in [2.05, 4.69) is 6.92 Å². The molecule has 0 amide bonds. The van der Waals surface area contributed by atoms with Crippen molar-refractivity contribution in [3.8, 4) is 0 Å². The van der Waals surface area contributed by atoms with E-state index in [9.17, 15) is 24.3 Å². The first-order valence-electron chi connectivity index (χ1n) is 18.1. The molecule has 0 aromatic heterocycles. The minimum Gasteiger partial charge on any atom is -0.480 e. The van der Waals surface area contributed by atoms with Crippen LogP contribution in [0.15, 0.2) is 24.3 Å². The molecule has 272 valence electrons. The number of benzene rings is 2. The third kappa shape index (κ3) is 11.9. The molecule has 2 unspecified atom stereocenters. The minimum atomic E-state index is -5.11. The van der Waals surface area contributed by atoms with Crippen molar-refractivity contribution in [2.75, 3.05) is 6.61 Å². The summed E-state index contributed by atoms with van der Waals surface area (Å²) in [4.78, 5) is 55.0. The standard InChI is InChI=1S/C40H58ClO7P/c1-8-9-10-11-12-13-14-15-16-17-18-19-20-21-22-48-38(44)36(35(41)37(42)43)49(47,39(45)33-29(4)23-27(2)24-30(33)5)40(46)34-31(6)25-28(3)26-32(34)7/h23-26,35-36H,8-22H2,1-7H3,(H,42,43). The number of esters is 1. The van der Waals surface area contributed by atoms with E-state index in [4.69, 9.17) is 16.3 Å². The lowest BCUT2D eigenvalue weighted by Gasteiger charge is -2.28. The largest absolute Gasteiger partial charge is 0.480 e. The molecule has 49 heavy (non-hydrogen) atoms. The summed E-state index contributed by atoms with van der Waals surface area (Å²) >= 11 is 6.33. The van der Waals surface area contributed by atoms with E-state index >= 15 is 4.57 Å². The predicted molar refractivity (Wildman–Crippen MR) is 200 cm³/mol. The van der Waals surface area contributed by atoms with Gasteiger partial charge in [-0.15, -0.1) is 11.6 Å². The maximum Gasteiger partial charge on any atom is 0.323 e. The molecule has 0 saturated carbocycles. The molecule has 7 nitrogen and oxygen atoms in total. The second kappa shape index (κ2) is 20.8. The van der Waals surface area contributed by atoms with Gasteiger partial charge in [-0.3, -0.25) is 19.2 Å². The first kappa shape index (κ1) is 42.4. The first-order chi connectivity index (χ1) is 23.2. The van der Waals surface area contributed by atoms with Crippen molar-refractivity contribution in [2.45, 2.75) is 149 Å². The lowest BCUT2D eigenvalue weighted by molar-refractivity contribution is -0.147. The van der Waals surface area contributed by atoms with Gasteiger partial charge in [-0.1, -0.05) is 126 Å². The Morgan fingerprint density at radius 1 is 0.633 bits per heavy atom. The van der Waals surface area contributed by atoms with Crippen molar-refractivity contribution >= 4 is 41.7 Å². The molecule has 2 aromatic rings. The molecule has 2 rings (SSSR count). The summed E-state index contributed by atoms with van der Waals surface area (Å²) in [6.45, 7) is 12.5. The Labute approximate surface area is 299 Å². The molecule has 0 aliphatic heterocycles. The highest BCUT2D eigenvalue weighted by atomic mass is 35.5. The van der Waals surface area contributed by atoms with Crippen molar-refractivity contribution in [1.82, 2.24) is 0 Å². The van der Waals surface area contributed by atoms with Crippen LogP contribution in [0.1, 0.15) is 151 Å². The summed E-state index contributed by atoms with van der Waals surface area (Å²) < 4.78 is 20.8.